The Morgan fingerprint density at radius 1 is 0.903 bits per heavy atom. The minimum atomic E-state index is -0.0899. The zero-order chi connectivity index (χ0) is 22.1. The number of ether oxygens (including phenoxy) is 3. The van der Waals surface area contributed by atoms with Crippen molar-refractivity contribution in [1.82, 2.24) is 10.2 Å². The van der Waals surface area contributed by atoms with Gasteiger partial charge in [0.2, 0.25) is 0 Å². The first-order chi connectivity index (χ1) is 15.1. The first-order valence-electron chi connectivity index (χ1n) is 10.8. The highest BCUT2D eigenvalue weighted by atomic mass is 16.5. The molecule has 0 radical (unpaired) electrons. The zero-order valence-electron chi connectivity index (χ0n) is 18.7. The van der Waals surface area contributed by atoms with E-state index >= 15 is 0 Å². The molecule has 2 aromatic carbocycles. The van der Waals surface area contributed by atoms with E-state index in [1.807, 2.05) is 12.1 Å². The van der Waals surface area contributed by atoms with Gasteiger partial charge in [-0.3, -0.25) is 9.69 Å². The fourth-order valence-electron chi connectivity index (χ4n) is 3.78. The molecule has 2 aromatic rings. The molecule has 31 heavy (non-hydrogen) atoms. The lowest BCUT2D eigenvalue weighted by atomic mass is 10.2. The van der Waals surface area contributed by atoms with Crippen LogP contribution in [0.5, 0.6) is 17.2 Å². The second-order valence-electron chi connectivity index (χ2n) is 7.56. The number of rotatable bonds is 10. The van der Waals surface area contributed by atoms with Crippen LogP contribution in [0.25, 0.3) is 0 Å². The normalized spacial score (nSPS) is 14.2. The van der Waals surface area contributed by atoms with Gasteiger partial charge in [-0.1, -0.05) is 6.07 Å². The maximum atomic E-state index is 12.4. The molecule has 0 spiro atoms. The number of anilines is 1. The number of hydrogen-bond acceptors (Lipinski definition) is 6. The van der Waals surface area contributed by atoms with Crippen molar-refractivity contribution in [2.45, 2.75) is 12.8 Å². The van der Waals surface area contributed by atoms with Crippen molar-refractivity contribution >= 4 is 11.6 Å². The van der Waals surface area contributed by atoms with Gasteiger partial charge < -0.3 is 24.4 Å². The Kier molecular flexibility index (Phi) is 8.41. The number of nitrogens with one attached hydrogen (secondary N) is 1. The second-order valence-corrected chi connectivity index (χ2v) is 7.56. The Hall–Kier alpha value is -2.93. The molecule has 7 nitrogen and oxygen atoms in total. The van der Waals surface area contributed by atoms with Crippen LogP contribution in [0.4, 0.5) is 5.69 Å². The molecule has 0 atom stereocenters. The van der Waals surface area contributed by atoms with Crippen LogP contribution < -0.4 is 24.4 Å². The molecular formula is C24H33N3O4. The lowest BCUT2D eigenvalue weighted by Crippen LogP contribution is -2.46. The van der Waals surface area contributed by atoms with E-state index in [-0.39, 0.29) is 5.91 Å². The van der Waals surface area contributed by atoms with Crippen molar-refractivity contribution in [3.63, 3.8) is 0 Å². The molecule has 1 aliphatic rings. The van der Waals surface area contributed by atoms with Crippen LogP contribution in [0.1, 0.15) is 23.2 Å². The van der Waals surface area contributed by atoms with Crippen molar-refractivity contribution in [1.29, 1.82) is 0 Å². The Labute approximate surface area is 184 Å². The molecule has 1 aliphatic heterocycles. The van der Waals surface area contributed by atoms with Gasteiger partial charge in [0.25, 0.3) is 5.91 Å². The number of benzene rings is 2. The Morgan fingerprint density at radius 3 is 2.39 bits per heavy atom. The molecule has 0 bridgehead atoms. The largest absolute Gasteiger partial charge is 0.497 e. The molecule has 3 rings (SSSR count). The summed E-state index contributed by atoms with van der Waals surface area (Å²) in [6, 6.07) is 13.4. The van der Waals surface area contributed by atoms with Crippen LogP contribution in [-0.4, -0.2) is 71.4 Å². The lowest BCUT2D eigenvalue weighted by Gasteiger charge is -2.36. The van der Waals surface area contributed by atoms with Gasteiger partial charge in [0.15, 0.2) is 11.5 Å². The molecule has 0 aliphatic carbocycles. The summed E-state index contributed by atoms with van der Waals surface area (Å²) >= 11 is 0. The van der Waals surface area contributed by atoms with E-state index in [4.69, 9.17) is 14.2 Å². The molecule has 1 amide bonds. The van der Waals surface area contributed by atoms with Crippen molar-refractivity contribution in [3.05, 3.63) is 48.0 Å². The molecule has 1 saturated heterocycles. The number of methoxy groups -OCH3 is 3. The Bertz CT molecular complexity index is 850. The van der Waals surface area contributed by atoms with E-state index in [1.54, 1.807) is 39.5 Å². The molecule has 0 aromatic heterocycles. The number of piperazine rings is 1. The van der Waals surface area contributed by atoms with Crippen LogP contribution in [0.3, 0.4) is 0 Å². The fourth-order valence-corrected chi connectivity index (χ4v) is 3.78. The predicted molar refractivity (Wildman–Crippen MR) is 123 cm³/mol. The van der Waals surface area contributed by atoms with Crippen molar-refractivity contribution in [3.8, 4) is 17.2 Å². The lowest BCUT2D eigenvalue weighted by molar-refractivity contribution is 0.0952. The summed E-state index contributed by atoms with van der Waals surface area (Å²) in [5.74, 6) is 1.98. The summed E-state index contributed by atoms with van der Waals surface area (Å²) in [6.45, 7) is 5.85. The van der Waals surface area contributed by atoms with Gasteiger partial charge in [-0.2, -0.15) is 0 Å². The van der Waals surface area contributed by atoms with Gasteiger partial charge in [0, 0.05) is 50.0 Å². The number of unbranched alkanes of at least 4 members (excludes halogenated alkanes) is 1. The van der Waals surface area contributed by atoms with Crippen LogP contribution >= 0.6 is 0 Å². The summed E-state index contributed by atoms with van der Waals surface area (Å²) in [4.78, 5) is 17.3. The number of nitrogens with zero attached hydrogens (tertiary/aromatic N) is 2. The van der Waals surface area contributed by atoms with E-state index in [2.05, 4.69) is 27.2 Å². The zero-order valence-corrected chi connectivity index (χ0v) is 18.7. The maximum absolute atomic E-state index is 12.4. The minimum absolute atomic E-state index is 0.0899. The number of carbonyl (C=O) groups is 1. The molecule has 0 saturated carbocycles. The average molecular weight is 428 g/mol. The maximum Gasteiger partial charge on any atom is 0.251 e. The van der Waals surface area contributed by atoms with Gasteiger partial charge in [0.1, 0.15) is 5.75 Å². The van der Waals surface area contributed by atoms with Gasteiger partial charge >= 0.3 is 0 Å². The molecule has 1 heterocycles. The van der Waals surface area contributed by atoms with Gasteiger partial charge in [-0.15, -0.1) is 0 Å². The topological polar surface area (TPSA) is 63.3 Å². The molecular weight excluding hydrogens is 394 g/mol. The first-order valence-corrected chi connectivity index (χ1v) is 10.8. The third kappa shape index (κ3) is 6.28. The highest BCUT2D eigenvalue weighted by molar-refractivity contribution is 5.94. The summed E-state index contributed by atoms with van der Waals surface area (Å²) in [7, 11) is 4.85. The van der Waals surface area contributed by atoms with E-state index < -0.39 is 0 Å². The van der Waals surface area contributed by atoms with E-state index in [0.717, 1.165) is 51.3 Å². The van der Waals surface area contributed by atoms with E-state index in [9.17, 15) is 4.79 Å². The third-order valence-electron chi connectivity index (χ3n) is 5.62. The number of hydrogen-bond donors (Lipinski definition) is 1. The Morgan fingerprint density at radius 2 is 1.68 bits per heavy atom. The van der Waals surface area contributed by atoms with E-state index in [1.165, 1.54) is 5.69 Å². The van der Waals surface area contributed by atoms with E-state index in [0.29, 0.717) is 23.6 Å². The summed E-state index contributed by atoms with van der Waals surface area (Å²) in [5, 5.41) is 2.99. The monoisotopic (exact) mass is 427 g/mol. The summed E-state index contributed by atoms with van der Waals surface area (Å²) in [6.07, 6.45) is 2.01. The van der Waals surface area contributed by atoms with Crippen LogP contribution in [0.2, 0.25) is 0 Å². The van der Waals surface area contributed by atoms with Crippen LogP contribution in [-0.2, 0) is 0 Å². The molecule has 168 valence electrons. The highest BCUT2D eigenvalue weighted by Gasteiger charge is 2.17. The highest BCUT2D eigenvalue weighted by Crippen LogP contribution is 2.27. The summed E-state index contributed by atoms with van der Waals surface area (Å²) < 4.78 is 15.8. The average Bonchev–Trinajstić information content (AvgIpc) is 2.83. The standard InChI is InChI=1S/C24H33N3O4/c1-29-21-8-6-7-20(18-21)27-15-13-26(14-16-27)12-5-4-11-25-24(28)19-9-10-22(30-2)23(17-19)31-3/h6-10,17-18H,4-5,11-16H2,1-3H3,(H,25,28). The van der Waals surface area contributed by atoms with Crippen LogP contribution in [0, 0.1) is 0 Å². The molecule has 1 fully saturated rings. The molecule has 7 heteroatoms. The smallest absolute Gasteiger partial charge is 0.251 e. The van der Waals surface area contributed by atoms with Gasteiger partial charge in [-0.05, 0) is 49.7 Å². The van der Waals surface area contributed by atoms with Crippen molar-refractivity contribution < 1.29 is 19.0 Å². The quantitative estimate of drug-likeness (QED) is 0.588. The second kappa shape index (κ2) is 11.5. The number of amides is 1. The summed E-state index contributed by atoms with van der Waals surface area (Å²) in [5.41, 5.74) is 1.79. The number of carbonyl (C=O) groups excluding carboxylic acids is 1. The Balaban J connectivity index is 1.34. The van der Waals surface area contributed by atoms with Crippen molar-refractivity contribution in [2.75, 3.05) is 65.5 Å². The minimum Gasteiger partial charge on any atom is -0.497 e. The van der Waals surface area contributed by atoms with Crippen molar-refractivity contribution in [2.24, 2.45) is 0 Å². The molecule has 0 unspecified atom stereocenters. The SMILES string of the molecule is COc1cccc(N2CCN(CCCCNC(=O)c3ccc(OC)c(OC)c3)CC2)c1. The fraction of sp³-hybridized carbons (Fsp3) is 0.458. The van der Waals surface area contributed by atoms with Gasteiger partial charge in [0.05, 0.1) is 21.3 Å². The van der Waals surface area contributed by atoms with Crippen LogP contribution in [0.15, 0.2) is 42.5 Å². The molecule has 1 N–H and O–H groups in total. The first kappa shape index (κ1) is 22.7. The third-order valence-corrected chi connectivity index (χ3v) is 5.62. The predicted octanol–water partition coefficient (Wildman–Crippen LogP) is 3.04. The van der Waals surface area contributed by atoms with Gasteiger partial charge in [-0.25, -0.2) is 0 Å².